The lowest BCUT2D eigenvalue weighted by Crippen LogP contribution is -1.93. The second-order valence-corrected chi connectivity index (χ2v) is 4.43. The van der Waals surface area contributed by atoms with Gasteiger partial charge in [-0.2, -0.15) is 0 Å². The number of hydrogen-bond acceptors (Lipinski definition) is 1. The summed E-state index contributed by atoms with van der Waals surface area (Å²) in [6.07, 6.45) is 2.69. The topological polar surface area (TPSA) is 53.1 Å². The summed E-state index contributed by atoms with van der Waals surface area (Å²) in [5.41, 5.74) is 1.14. The van der Waals surface area contributed by atoms with Gasteiger partial charge in [0.25, 0.3) is 0 Å². The van der Waals surface area contributed by atoms with E-state index in [2.05, 4.69) is 41.9 Å². The smallest absolute Gasteiger partial charge is 0.337 e. The van der Waals surface area contributed by atoms with E-state index in [1.165, 1.54) is 12.5 Å². The fraction of sp³-hybridized carbons (Fsp3) is 0.250. The van der Waals surface area contributed by atoms with Crippen molar-refractivity contribution < 1.29 is 9.90 Å². The normalized spacial score (nSPS) is 9.59. The highest BCUT2D eigenvalue weighted by Gasteiger charge is 2.09. The number of carboxylic acid groups (broad SMARTS) is 1. The molecule has 0 unspecified atom stereocenters. The summed E-state index contributed by atoms with van der Waals surface area (Å²) in [4.78, 5) is 13.6. The van der Waals surface area contributed by atoms with Crippen molar-refractivity contribution in [1.82, 2.24) is 4.98 Å². The maximum absolute atomic E-state index is 10.8. The number of fused-ring (bicyclic) bond motifs is 1. The van der Waals surface area contributed by atoms with E-state index in [4.69, 9.17) is 5.11 Å². The van der Waals surface area contributed by atoms with Crippen LogP contribution in [-0.2, 0) is 0 Å². The lowest BCUT2D eigenvalue weighted by atomic mass is 9.79. The predicted molar refractivity (Wildman–Crippen MR) is 75.1 cm³/mol. The molecule has 5 heteroatoms. The molecule has 0 amide bonds. The minimum absolute atomic E-state index is 0.302. The summed E-state index contributed by atoms with van der Waals surface area (Å²) in [6.45, 7) is 4.18. The van der Waals surface area contributed by atoms with Gasteiger partial charge in [0.15, 0.2) is 0 Å². The second-order valence-electron chi connectivity index (χ2n) is 3.51. The zero-order valence-corrected chi connectivity index (χ0v) is 11.4. The Morgan fingerprint density at radius 2 is 2.18 bits per heavy atom. The number of aromatic carboxylic acids is 1. The number of hydrogen-bond donors (Lipinski definition) is 2. The molecule has 2 aromatic rings. The van der Waals surface area contributed by atoms with Crippen LogP contribution >= 0.6 is 15.9 Å². The third-order valence-corrected chi connectivity index (χ3v) is 2.78. The van der Waals surface area contributed by atoms with Crippen molar-refractivity contribution in [3.8, 4) is 0 Å². The van der Waals surface area contributed by atoms with E-state index in [1.54, 1.807) is 6.07 Å². The number of H-pyrrole nitrogens is 1. The first-order valence-corrected chi connectivity index (χ1v) is 6.17. The maximum Gasteiger partial charge on any atom is 0.337 e. The first-order chi connectivity index (χ1) is 8.10. The van der Waals surface area contributed by atoms with Crippen molar-refractivity contribution >= 4 is 40.1 Å². The van der Waals surface area contributed by atoms with Gasteiger partial charge < -0.3 is 10.1 Å². The van der Waals surface area contributed by atoms with Gasteiger partial charge in [-0.3, -0.25) is 0 Å². The van der Waals surface area contributed by atoms with Crippen LogP contribution in [0, 0.1) is 0 Å². The van der Waals surface area contributed by atoms with Crippen LogP contribution in [0.5, 0.6) is 0 Å². The highest BCUT2D eigenvalue weighted by atomic mass is 79.9. The molecule has 1 aromatic carbocycles. The van der Waals surface area contributed by atoms with Gasteiger partial charge in [0, 0.05) is 21.6 Å². The Balaban J connectivity index is 0.000000317. The van der Waals surface area contributed by atoms with Gasteiger partial charge in [0.1, 0.15) is 7.28 Å². The number of rotatable bonds is 2. The quantitative estimate of drug-likeness (QED) is 0.828. The molecular weight excluding hydrogens is 281 g/mol. The molecule has 0 bridgehead atoms. The Morgan fingerprint density at radius 1 is 1.53 bits per heavy atom. The number of carbonyl (C=O) groups is 1. The molecule has 17 heavy (non-hydrogen) atoms. The molecule has 0 atom stereocenters. The molecule has 0 spiro atoms. The molecule has 0 saturated heterocycles. The van der Waals surface area contributed by atoms with Crippen molar-refractivity contribution in [2.45, 2.75) is 20.1 Å². The first kappa shape index (κ1) is 13.8. The first-order valence-electron chi connectivity index (χ1n) is 5.37. The van der Waals surface area contributed by atoms with Gasteiger partial charge in [0.2, 0.25) is 0 Å². The number of halogens is 1. The summed E-state index contributed by atoms with van der Waals surface area (Å²) in [7, 11) is 2.12. The summed E-state index contributed by atoms with van der Waals surface area (Å²) in [5.74, 6) is -0.913. The van der Waals surface area contributed by atoms with Crippen molar-refractivity contribution in [2.75, 3.05) is 0 Å². The van der Waals surface area contributed by atoms with E-state index >= 15 is 0 Å². The van der Waals surface area contributed by atoms with Crippen molar-refractivity contribution in [2.24, 2.45) is 0 Å². The average Bonchev–Trinajstić information content (AvgIpc) is 2.72. The van der Waals surface area contributed by atoms with Crippen LogP contribution in [0.4, 0.5) is 0 Å². The molecule has 2 rings (SSSR count). The summed E-state index contributed by atoms with van der Waals surface area (Å²) in [6, 6.07) is 5.49. The van der Waals surface area contributed by atoms with E-state index in [-0.39, 0.29) is 0 Å². The molecule has 89 valence electrons. The predicted octanol–water partition coefficient (Wildman–Crippen LogP) is 3.81. The zero-order valence-electron chi connectivity index (χ0n) is 9.83. The Bertz CT molecular complexity index is 508. The number of benzene rings is 1. The molecule has 2 N–H and O–H groups in total. The van der Waals surface area contributed by atoms with Crippen LogP contribution in [-0.4, -0.2) is 23.3 Å². The molecule has 1 aromatic heterocycles. The highest BCUT2D eigenvalue weighted by molar-refractivity contribution is 9.10. The molecule has 0 aliphatic carbocycles. The van der Waals surface area contributed by atoms with Gasteiger partial charge in [-0.25, -0.2) is 4.79 Å². The highest BCUT2D eigenvalue weighted by Crippen LogP contribution is 2.22. The zero-order chi connectivity index (χ0) is 12.8. The van der Waals surface area contributed by atoms with E-state index in [9.17, 15) is 4.79 Å². The Labute approximate surface area is 110 Å². The van der Waals surface area contributed by atoms with Crippen LogP contribution in [0.1, 0.15) is 17.3 Å². The van der Waals surface area contributed by atoms with Crippen molar-refractivity contribution in [3.05, 3.63) is 34.4 Å². The van der Waals surface area contributed by atoms with Crippen LogP contribution in [0.2, 0.25) is 13.1 Å². The summed E-state index contributed by atoms with van der Waals surface area (Å²) >= 11 is 3.29. The second kappa shape index (κ2) is 6.50. The molecule has 0 fully saturated rings. The lowest BCUT2D eigenvalue weighted by molar-refractivity contribution is 0.0699. The van der Waals surface area contributed by atoms with Gasteiger partial charge in [-0.1, -0.05) is 36.0 Å². The number of nitrogens with one attached hydrogen (secondary N) is 1. The van der Waals surface area contributed by atoms with Gasteiger partial charge in [-0.05, 0) is 18.2 Å². The summed E-state index contributed by atoms with van der Waals surface area (Å²) < 4.78 is 0.877. The molecule has 0 aliphatic heterocycles. The maximum atomic E-state index is 10.8. The molecule has 1 heterocycles. The van der Waals surface area contributed by atoms with E-state index in [1.807, 2.05) is 12.1 Å². The minimum atomic E-state index is -0.913. The van der Waals surface area contributed by atoms with E-state index < -0.39 is 5.97 Å². The van der Waals surface area contributed by atoms with E-state index in [0.29, 0.717) is 5.56 Å². The Hall–Kier alpha value is -1.23. The fourth-order valence-electron chi connectivity index (χ4n) is 1.27. The SMILES string of the molecule is C[B]CC.O=C(O)c1c[nH]c2ccc(Br)cc12. The van der Waals surface area contributed by atoms with Crippen molar-refractivity contribution in [1.29, 1.82) is 0 Å². The number of aromatic nitrogens is 1. The monoisotopic (exact) mass is 294 g/mol. The van der Waals surface area contributed by atoms with E-state index in [0.717, 1.165) is 15.4 Å². The minimum Gasteiger partial charge on any atom is -0.478 e. The van der Waals surface area contributed by atoms with Gasteiger partial charge >= 0.3 is 5.97 Å². The molecular formula is C12H14BBrNO2. The fourth-order valence-corrected chi connectivity index (χ4v) is 1.63. The summed E-state index contributed by atoms with van der Waals surface area (Å²) in [5, 5.41) is 9.55. The van der Waals surface area contributed by atoms with Crippen molar-refractivity contribution in [3.63, 3.8) is 0 Å². The van der Waals surface area contributed by atoms with Crippen LogP contribution in [0.15, 0.2) is 28.9 Å². The third kappa shape index (κ3) is 3.63. The standard InChI is InChI=1S/C9H6BrNO2.C3H8B/c10-5-1-2-8-6(3-5)7(4-11-8)9(12)13;1-3-4-2/h1-4,11H,(H,12,13);3H2,1-2H3. The Morgan fingerprint density at radius 3 is 2.71 bits per heavy atom. The third-order valence-electron chi connectivity index (χ3n) is 2.28. The number of carboxylic acids is 1. The largest absolute Gasteiger partial charge is 0.478 e. The van der Waals surface area contributed by atoms with Crippen LogP contribution in [0.3, 0.4) is 0 Å². The molecule has 0 aliphatic rings. The average molecular weight is 295 g/mol. The molecule has 0 saturated carbocycles. The lowest BCUT2D eigenvalue weighted by Gasteiger charge is -1.92. The van der Waals surface area contributed by atoms with Crippen LogP contribution < -0.4 is 0 Å². The van der Waals surface area contributed by atoms with Gasteiger partial charge in [0.05, 0.1) is 5.56 Å². The molecule has 1 radical (unpaired) electrons. The van der Waals surface area contributed by atoms with Gasteiger partial charge in [-0.15, -0.1) is 0 Å². The van der Waals surface area contributed by atoms with Crippen LogP contribution in [0.25, 0.3) is 10.9 Å². The molecule has 3 nitrogen and oxygen atoms in total. The Kier molecular flexibility index (Phi) is 5.29. The number of aromatic amines is 1.